The number of H-pyrrole nitrogens is 2. The second-order valence-corrected chi connectivity index (χ2v) is 20.8. The van der Waals surface area contributed by atoms with Gasteiger partial charge in [-0.15, -0.1) is 0 Å². The maximum absolute atomic E-state index is 13.9. The summed E-state index contributed by atoms with van der Waals surface area (Å²) in [5.41, 5.74) is 13.2. The predicted molar refractivity (Wildman–Crippen MR) is 250 cm³/mol. The summed E-state index contributed by atoms with van der Waals surface area (Å²) in [6, 6.07) is 7.62. The molecule has 2 aliphatic heterocycles. The number of nitrogens with one attached hydrogen (secondary N) is 4. The number of fused-ring (bicyclic) bond motifs is 4. The standard InChI is InChI=1S/C52H66N8O6/c1-28(2)44(57-50(63)65-5)48(61)59-21-9-11-41(59)46-53-26-39(55-46)33-17-18-35(43-31-14-13-30(31)23-36(33)43)32-15-16-34(38-25-52(24-37(32)38)19-7-8-20-52)40-27-54-47(56-40)42-12-10-22-60(42)49(62)45(29(3)4)58-51(64)66-6/h15-18,26-31,41-42,44-45H,7-14,19-25H2,1-6H3,(H,53,55)(H,54,56)(H,57,63)(H,58,64)/t30?,31?,41-,42-,44-,45-/m0/s1. The molecule has 1 spiro atoms. The summed E-state index contributed by atoms with van der Waals surface area (Å²) >= 11 is 0. The number of methoxy groups -OCH3 is 2. The molecule has 6 aliphatic rings. The van der Waals surface area contributed by atoms with Crippen molar-refractivity contribution < 1.29 is 28.7 Å². The number of carbonyl (C=O) groups is 4. The van der Waals surface area contributed by atoms with E-state index in [0.29, 0.717) is 24.9 Å². The summed E-state index contributed by atoms with van der Waals surface area (Å²) in [7, 11) is 2.63. The zero-order valence-corrected chi connectivity index (χ0v) is 39.4. The minimum absolute atomic E-state index is 0.101. The Kier molecular flexibility index (Phi) is 11.7. The van der Waals surface area contributed by atoms with E-state index in [1.807, 2.05) is 49.9 Å². The lowest BCUT2D eigenvalue weighted by Crippen LogP contribution is -2.51. The zero-order valence-electron chi connectivity index (χ0n) is 39.4. The third-order valence-corrected chi connectivity index (χ3v) is 16.4. The monoisotopic (exact) mass is 899 g/mol. The number of hydrogen-bond donors (Lipinski definition) is 4. The van der Waals surface area contributed by atoms with Crippen LogP contribution in [0, 0.1) is 23.2 Å². The first-order valence-corrected chi connectivity index (χ1v) is 24.6. The third-order valence-electron chi connectivity index (χ3n) is 16.4. The lowest BCUT2D eigenvalue weighted by molar-refractivity contribution is -0.136. The Labute approximate surface area is 387 Å². The molecule has 4 fully saturated rings. The quantitative estimate of drug-likeness (QED) is 0.115. The number of hydrogen-bond acceptors (Lipinski definition) is 8. The van der Waals surface area contributed by atoms with E-state index in [1.165, 1.54) is 97.3 Å². The topological polar surface area (TPSA) is 175 Å². The highest BCUT2D eigenvalue weighted by atomic mass is 16.5. The van der Waals surface area contributed by atoms with E-state index in [0.717, 1.165) is 68.0 Å². The predicted octanol–water partition coefficient (Wildman–Crippen LogP) is 8.93. The molecular formula is C52H66N8O6. The Morgan fingerprint density at radius 1 is 0.652 bits per heavy atom. The van der Waals surface area contributed by atoms with Gasteiger partial charge in [0, 0.05) is 24.2 Å². The first-order chi connectivity index (χ1) is 31.9. The van der Waals surface area contributed by atoms with Crippen molar-refractivity contribution in [1.29, 1.82) is 0 Å². The average Bonchev–Trinajstić information content (AvgIpc) is 4.16. The molecule has 14 nitrogen and oxygen atoms in total. The highest BCUT2D eigenvalue weighted by Gasteiger charge is 2.46. The van der Waals surface area contributed by atoms with Crippen LogP contribution in [0.3, 0.4) is 0 Å². The van der Waals surface area contributed by atoms with Crippen molar-refractivity contribution in [2.45, 2.75) is 141 Å². The lowest BCUT2D eigenvalue weighted by atomic mass is 9.72. The fraction of sp³-hybridized carbons (Fsp3) is 0.577. The van der Waals surface area contributed by atoms with Crippen molar-refractivity contribution >= 4 is 24.0 Å². The molecule has 6 atom stereocenters. The number of ether oxygens (including phenoxy) is 2. The minimum atomic E-state index is -0.685. The van der Waals surface area contributed by atoms with Crippen molar-refractivity contribution in [1.82, 2.24) is 40.4 Å². The minimum Gasteiger partial charge on any atom is -0.453 e. The summed E-state index contributed by atoms with van der Waals surface area (Å²) in [6.45, 7) is 8.97. The number of benzene rings is 2. The summed E-state index contributed by atoms with van der Waals surface area (Å²) in [5.74, 6) is 2.34. The number of aromatic amines is 2. The number of imidazole rings is 2. The molecule has 4 aliphatic carbocycles. The van der Waals surface area contributed by atoms with Crippen LogP contribution >= 0.6 is 0 Å². The number of carbonyl (C=O) groups excluding carboxylic acids is 4. The van der Waals surface area contributed by atoms with Crippen LogP contribution in [0.4, 0.5) is 9.59 Å². The van der Waals surface area contributed by atoms with Crippen LogP contribution in [0.1, 0.15) is 144 Å². The highest BCUT2D eigenvalue weighted by Crippen LogP contribution is 2.58. The zero-order chi connectivity index (χ0) is 46.0. The Hall–Kier alpha value is -5.66. The van der Waals surface area contributed by atoms with Gasteiger partial charge in [0.15, 0.2) is 0 Å². The molecule has 10 rings (SSSR count). The Morgan fingerprint density at radius 3 is 1.62 bits per heavy atom. The molecule has 0 radical (unpaired) electrons. The van der Waals surface area contributed by atoms with E-state index in [2.05, 4.69) is 44.9 Å². The van der Waals surface area contributed by atoms with E-state index in [1.54, 1.807) is 0 Å². The molecule has 66 heavy (non-hydrogen) atoms. The van der Waals surface area contributed by atoms with Crippen molar-refractivity contribution in [2.24, 2.45) is 23.2 Å². The Morgan fingerprint density at radius 2 is 1.14 bits per heavy atom. The van der Waals surface area contributed by atoms with Crippen LogP contribution in [0.5, 0.6) is 0 Å². The van der Waals surface area contributed by atoms with Gasteiger partial charge in [0.2, 0.25) is 11.8 Å². The van der Waals surface area contributed by atoms with Gasteiger partial charge in [0.1, 0.15) is 23.7 Å². The molecule has 350 valence electrons. The van der Waals surface area contributed by atoms with Gasteiger partial charge in [-0.3, -0.25) is 9.59 Å². The van der Waals surface area contributed by atoms with Gasteiger partial charge in [-0.05, 0) is 133 Å². The lowest BCUT2D eigenvalue weighted by Gasteiger charge is -2.32. The molecule has 4 aromatic rings. The van der Waals surface area contributed by atoms with Crippen molar-refractivity contribution in [3.8, 4) is 33.6 Å². The molecule has 4 amide bonds. The van der Waals surface area contributed by atoms with E-state index in [-0.39, 0.29) is 41.1 Å². The molecule has 14 heteroatoms. The number of aromatic nitrogens is 4. The van der Waals surface area contributed by atoms with E-state index in [9.17, 15) is 19.2 Å². The van der Waals surface area contributed by atoms with Crippen LogP contribution in [0.15, 0.2) is 36.7 Å². The number of amides is 4. The first kappa shape index (κ1) is 44.2. The van der Waals surface area contributed by atoms with Crippen LogP contribution < -0.4 is 10.6 Å². The van der Waals surface area contributed by atoms with Gasteiger partial charge in [0.25, 0.3) is 0 Å². The third kappa shape index (κ3) is 7.65. The van der Waals surface area contributed by atoms with Crippen molar-refractivity contribution in [2.75, 3.05) is 27.3 Å². The SMILES string of the molecule is COC(=O)N[C@H](C(=O)N1CCC[C@H]1c1ncc(-c2ccc(-c3ccc(-c4cnc([C@@H]5CCCN5C(=O)[C@@H](NC(=O)OC)C(C)C)[nH]4)c4c3C3CCC3C4)c3c2CC2(CCCC2)C3)[nH]1)C(C)C. The van der Waals surface area contributed by atoms with Gasteiger partial charge < -0.3 is 39.9 Å². The number of likely N-dealkylation sites (tertiary alicyclic amines) is 2. The highest BCUT2D eigenvalue weighted by molar-refractivity contribution is 5.88. The molecule has 2 saturated heterocycles. The molecule has 2 aromatic heterocycles. The largest absolute Gasteiger partial charge is 0.453 e. The molecule has 4 heterocycles. The molecule has 2 unspecified atom stereocenters. The van der Waals surface area contributed by atoms with Crippen LogP contribution in [0.2, 0.25) is 0 Å². The molecule has 0 bridgehead atoms. The Balaban J connectivity index is 0.967. The molecule has 2 saturated carbocycles. The van der Waals surface area contributed by atoms with Gasteiger partial charge in [-0.2, -0.15) is 0 Å². The first-order valence-electron chi connectivity index (χ1n) is 24.6. The van der Waals surface area contributed by atoms with Gasteiger partial charge in [-0.25, -0.2) is 19.6 Å². The van der Waals surface area contributed by atoms with E-state index >= 15 is 0 Å². The maximum Gasteiger partial charge on any atom is 0.407 e. The van der Waals surface area contributed by atoms with Crippen LogP contribution in [-0.4, -0.2) is 93.1 Å². The second-order valence-electron chi connectivity index (χ2n) is 20.8. The number of alkyl carbamates (subject to hydrolysis) is 2. The van der Waals surface area contributed by atoms with Crippen LogP contribution in [0.25, 0.3) is 33.6 Å². The summed E-state index contributed by atoms with van der Waals surface area (Å²) in [5, 5.41) is 5.53. The van der Waals surface area contributed by atoms with Gasteiger partial charge in [0.05, 0.1) is 50.1 Å². The maximum atomic E-state index is 13.9. The Bertz CT molecular complexity index is 2540. The second kappa shape index (κ2) is 17.5. The van der Waals surface area contributed by atoms with Crippen molar-refractivity contribution in [3.05, 3.63) is 70.6 Å². The summed E-state index contributed by atoms with van der Waals surface area (Å²) in [6.07, 6.45) is 16.7. The van der Waals surface area contributed by atoms with Crippen molar-refractivity contribution in [3.63, 3.8) is 0 Å². The van der Waals surface area contributed by atoms with E-state index in [4.69, 9.17) is 19.4 Å². The molecule has 2 aromatic carbocycles. The van der Waals surface area contributed by atoms with Crippen LogP contribution in [-0.2, 0) is 38.3 Å². The smallest absolute Gasteiger partial charge is 0.407 e. The van der Waals surface area contributed by atoms with Gasteiger partial charge in [-0.1, -0.05) is 64.8 Å². The fourth-order valence-corrected chi connectivity index (χ4v) is 12.8. The summed E-state index contributed by atoms with van der Waals surface area (Å²) in [4.78, 5) is 73.3. The average molecular weight is 899 g/mol. The van der Waals surface area contributed by atoms with Gasteiger partial charge >= 0.3 is 12.2 Å². The number of nitrogens with zero attached hydrogens (tertiary/aromatic N) is 4. The normalized spacial score (nSPS) is 23.5. The summed E-state index contributed by atoms with van der Waals surface area (Å²) < 4.78 is 9.71. The fourth-order valence-electron chi connectivity index (χ4n) is 12.8. The molecular weight excluding hydrogens is 833 g/mol. The van der Waals surface area contributed by atoms with E-state index < -0.39 is 24.3 Å². The number of rotatable bonds is 11. The molecule has 4 N–H and O–H groups in total.